The van der Waals surface area contributed by atoms with Crippen LogP contribution >= 0.6 is 0 Å². The highest BCUT2D eigenvalue weighted by atomic mass is 16.6. The Morgan fingerprint density at radius 3 is 1.35 bits per heavy atom. The van der Waals surface area contributed by atoms with Gasteiger partial charge >= 0.3 is 35.8 Å². The first-order valence-corrected chi connectivity index (χ1v) is 13.4. The molecule has 13 heteroatoms. The largest absolute Gasteiger partial charge is 0.478 e. The lowest BCUT2D eigenvalue weighted by atomic mass is 9.70. The molecular formula is C33H22O13. The molecule has 1 aliphatic heterocycles. The molecule has 5 rings (SSSR count). The molecule has 0 bridgehead atoms. The third-order valence-corrected chi connectivity index (χ3v) is 7.35. The molecule has 1 saturated heterocycles. The quantitative estimate of drug-likeness (QED) is 0.132. The Kier molecular flexibility index (Phi) is 8.23. The minimum Gasteiger partial charge on any atom is -0.478 e. The monoisotopic (exact) mass is 626 g/mol. The fourth-order valence-corrected chi connectivity index (χ4v) is 5.22. The van der Waals surface area contributed by atoms with Crippen molar-refractivity contribution in [2.75, 3.05) is 0 Å². The number of ether oxygens (including phenoxy) is 3. The van der Waals surface area contributed by atoms with Crippen LogP contribution in [0.15, 0.2) is 84.9 Å². The van der Waals surface area contributed by atoms with Gasteiger partial charge < -0.3 is 34.6 Å². The van der Waals surface area contributed by atoms with Crippen molar-refractivity contribution in [2.45, 2.75) is 18.3 Å². The molecule has 4 aromatic carbocycles. The van der Waals surface area contributed by atoms with Gasteiger partial charge in [0.2, 0.25) is 0 Å². The van der Waals surface area contributed by atoms with E-state index < -0.39 is 63.5 Å². The van der Waals surface area contributed by atoms with Crippen molar-refractivity contribution in [1.82, 2.24) is 0 Å². The Morgan fingerprint density at radius 2 is 1.00 bits per heavy atom. The zero-order chi connectivity index (χ0) is 33.2. The molecule has 0 unspecified atom stereocenters. The Hall–Kier alpha value is -6.50. The number of carboxylic acid groups (broad SMARTS) is 4. The Labute approximate surface area is 258 Å². The lowest BCUT2D eigenvalue weighted by Crippen LogP contribution is -2.44. The number of hydrogen-bond donors (Lipinski definition) is 4. The third-order valence-electron chi connectivity index (χ3n) is 7.35. The maximum atomic E-state index is 13.4. The van der Waals surface area contributed by atoms with Gasteiger partial charge in [0.15, 0.2) is 0 Å². The van der Waals surface area contributed by atoms with Crippen molar-refractivity contribution in [3.05, 3.63) is 118 Å². The van der Waals surface area contributed by atoms with Crippen LogP contribution in [-0.4, -0.2) is 56.2 Å². The molecule has 1 fully saturated rings. The van der Waals surface area contributed by atoms with Gasteiger partial charge in [-0.25, -0.2) is 19.2 Å². The molecule has 4 aromatic rings. The second kappa shape index (κ2) is 12.2. The SMILES string of the molecule is O=C1CCC(c2ccc(Oc3cccc(C(=O)O)c3C(=O)O)cc2)(c2ccc(Oc3cccc(C(=O)O)c3C(=O)O)cc2)C(=O)O1. The van der Waals surface area contributed by atoms with E-state index in [0.717, 1.165) is 12.1 Å². The number of benzene rings is 4. The van der Waals surface area contributed by atoms with E-state index in [1.54, 1.807) is 0 Å². The van der Waals surface area contributed by atoms with Gasteiger partial charge in [-0.2, -0.15) is 0 Å². The average Bonchev–Trinajstić information content (AvgIpc) is 3.02. The van der Waals surface area contributed by atoms with Crippen LogP contribution in [0.1, 0.15) is 65.4 Å². The van der Waals surface area contributed by atoms with E-state index in [2.05, 4.69) is 0 Å². The fourth-order valence-electron chi connectivity index (χ4n) is 5.22. The number of cyclic esters (lactones) is 2. The van der Waals surface area contributed by atoms with Gasteiger partial charge in [0.05, 0.1) is 11.1 Å². The van der Waals surface area contributed by atoms with E-state index in [4.69, 9.17) is 14.2 Å². The fraction of sp³-hybridized carbons (Fsp3) is 0.0909. The number of aromatic carboxylic acids is 4. The van der Waals surface area contributed by atoms with E-state index >= 15 is 0 Å². The lowest BCUT2D eigenvalue weighted by Gasteiger charge is -2.35. The summed E-state index contributed by atoms with van der Waals surface area (Å²) in [5.74, 6) is -7.62. The number of esters is 2. The van der Waals surface area contributed by atoms with Crippen molar-refractivity contribution in [3.63, 3.8) is 0 Å². The van der Waals surface area contributed by atoms with Crippen molar-refractivity contribution >= 4 is 35.8 Å². The Bertz CT molecular complexity index is 1790. The Morgan fingerprint density at radius 1 is 0.587 bits per heavy atom. The normalized spacial score (nSPS) is 13.7. The summed E-state index contributed by atoms with van der Waals surface area (Å²) < 4.78 is 16.4. The number of carbonyl (C=O) groups is 6. The summed E-state index contributed by atoms with van der Waals surface area (Å²) in [5, 5.41) is 37.9. The van der Waals surface area contributed by atoms with Crippen LogP contribution in [0.4, 0.5) is 0 Å². The molecule has 0 radical (unpaired) electrons. The van der Waals surface area contributed by atoms with Crippen LogP contribution in [0.5, 0.6) is 23.0 Å². The molecule has 0 aliphatic carbocycles. The van der Waals surface area contributed by atoms with Crippen molar-refractivity contribution in [1.29, 1.82) is 0 Å². The summed E-state index contributed by atoms with van der Waals surface area (Å²) in [6, 6.07) is 19.4. The van der Waals surface area contributed by atoms with Gasteiger partial charge in [-0.15, -0.1) is 0 Å². The minimum absolute atomic E-state index is 0.0265. The average molecular weight is 627 g/mol. The maximum Gasteiger partial charge on any atom is 0.340 e. The topological polar surface area (TPSA) is 211 Å². The standard InChI is InChI=1S/C33H22O13/c34-25-15-16-33(32(43)46-25,17-7-11-19(12-8-17)44-23-5-1-3-21(28(35)36)26(23)30(39)40)18-9-13-20(14-10-18)45-24-6-2-4-22(29(37)38)27(24)31(41)42/h1-14H,15-16H2,(H,35,36)(H,37,38)(H,39,40)(H,41,42). The zero-order valence-corrected chi connectivity index (χ0v) is 23.5. The van der Waals surface area contributed by atoms with Gasteiger partial charge in [-0.1, -0.05) is 36.4 Å². The highest BCUT2D eigenvalue weighted by Gasteiger charge is 2.48. The predicted molar refractivity (Wildman–Crippen MR) is 155 cm³/mol. The molecule has 4 N–H and O–H groups in total. The minimum atomic E-state index is -1.50. The Balaban J connectivity index is 1.48. The van der Waals surface area contributed by atoms with E-state index in [9.17, 15) is 49.2 Å². The van der Waals surface area contributed by atoms with Crippen molar-refractivity contribution in [2.24, 2.45) is 0 Å². The first-order chi connectivity index (χ1) is 21.9. The summed E-state index contributed by atoms with van der Waals surface area (Å²) in [6.07, 6.45) is -0.0745. The molecule has 0 aromatic heterocycles. The van der Waals surface area contributed by atoms with Crippen molar-refractivity contribution in [3.8, 4) is 23.0 Å². The summed E-state index contributed by atoms with van der Waals surface area (Å²) in [4.78, 5) is 72.0. The maximum absolute atomic E-state index is 13.4. The molecule has 0 saturated carbocycles. The van der Waals surface area contributed by atoms with Crippen LogP contribution in [0.2, 0.25) is 0 Å². The molecular weight excluding hydrogens is 604 g/mol. The van der Waals surface area contributed by atoms with Crippen LogP contribution in [-0.2, 0) is 19.7 Å². The summed E-state index contributed by atoms with van der Waals surface area (Å²) in [5.41, 5.74) is -2.70. The third kappa shape index (κ3) is 5.71. The molecule has 0 spiro atoms. The number of hydrogen-bond acceptors (Lipinski definition) is 9. The van der Waals surface area contributed by atoms with Crippen LogP contribution in [0.25, 0.3) is 0 Å². The summed E-state index contributed by atoms with van der Waals surface area (Å²) in [6.45, 7) is 0. The van der Waals surface area contributed by atoms with Crippen LogP contribution in [0.3, 0.4) is 0 Å². The molecule has 232 valence electrons. The number of carbonyl (C=O) groups excluding carboxylic acids is 2. The number of carboxylic acids is 4. The van der Waals surface area contributed by atoms with Crippen molar-refractivity contribution < 1.29 is 63.4 Å². The molecule has 0 atom stereocenters. The predicted octanol–water partition coefficient (Wildman–Crippen LogP) is 5.21. The first kappa shape index (κ1) is 30.9. The first-order valence-electron chi connectivity index (χ1n) is 13.4. The number of rotatable bonds is 10. The summed E-state index contributed by atoms with van der Waals surface area (Å²) in [7, 11) is 0. The van der Waals surface area contributed by atoms with Gasteiger partial charge in [0.1, 0.15) is 39.5 Å². The molecule has 1 aliphatic rings. The van der Waals surface area contributed by atoms with E-state index in [0.29, 0.717) is 11.1 Å². The lowest BCUT2D eigenvalue weighted by molar-refractivity contribution is -0.167. The van der Waals surface area contributed by atoms with Gasteiger partial charge in [-0.05, 0) is 66.1 Å². The zero-order valence-electron chi connectivity index (χ0n) is 23.5. The molecule has 0 amide bonds. The highest BCUT2D eigenvalue weighted by Crippen LogP contribution is 2.43. The van der Waals surface area contributed by atoms with Crippen LogP contribution in [0, 0.1) is 0 Å². The second-order valence-corrected chi connectivity index (χ2v) is 10.00. The van der Waals surface area contributed by atoms with Gasteiger partial charge in [0, 0.05) is 6.42 Å². The molecule has 13 nitrogen and oxygen atoms in total. The van der Waals surface area contributed by atoms with E-state index in [1.807, 2.05) is 0 Å². The van der Waals surface area contributed by atoms with E-state index in [-0.39, 0.29) is 35.8 Å². The second-order valence-electron chi connectivity index (χ2n) is 10.00. The molecule has 46 heavy (non-hydrogen) atoms. The van der Waals surface area contributed by atoms with Gasteiger partial charge in [0.25, 0.3) is 0 Å². The smallest absolute Gasteiger partial charge is 0.340 e. The van der Waals surface area contributed by atoms with E-state index in [1.165, 1.54) is 72.8 Å². The highest BCUT2D eigenvalue weighted by molar-refractivity contribution is 6.04. The molecule has 1 heterocycles. The van der Waals surface area contributed by atoms with Gasteiger partial charge in [-0.3, -0.25) is 9.59 Å². The summed E-state index contributed by atoms with van der Waals surface area (Å²) >= 11 is 0. The van der Waals surface area contributed by atoms with Crippen LogP contribution < -0.4 is 9.47 Å².